The number of benzene rings is 3. The Kier molecular flexibility index (Phi) is 7.87. The lowest BCUT2D eigenvalue weighted by Crippen LogP contribution is -2.27. The van der Waals surface area contributed by atoms with Crippen LogP contribution in [0.2, 0.25) is 5.02 Å². The van der Waals surface area contributed by atoms with Crippen LogP contribution in [-0.4, -0.2) is 27.0 Å². The van der Waals surface area contributed by atoms with E-state index in [1.54, 1.807) is 18.0 Å². The molecule has 186 valence electrons. The van der Waals surface area contributed by atoms with Crippen molar-refractivity contribution in [2.45, 2.75) is 30.3 Å². The second-order valence-corrected chi connectivity index (χ2v) is 10.4. The lowest BCUT2D eigenvalue weighted by molar-refractivity contribution is 0.0951. The molecular formula is C30H27ClN4OS. The maximum absolute atomic E-state index is 12.7. The van der Waals surface area contributed by atoms with Gasteiger partial charge < -0.3 is 9.88 Å². The minimum atomic E-state index is -0.0641. The number of pyridine rings is 1. The highest BCUT2D eigenvalue weighted by Crippen LogP contribution is 2.28. The molecular weight excluding hydrogens is 500 g/mol. The lowest BCUT2D eigenvalue weighted by atomic mass is 10.0. The summed E-state index contributed by atoms with van der Waals surface area (Å²) in [5, 5.41) is 4.71. The van der Waals surface area contributed by atoms with E-state index in [9.17, 15) is 4.79 Å². The average molecular weight is 527 g/mol. The van der Waals surface area contributed by atoms with Gasteiger partial charge in [-0.05, 0) is 52.9 Å². The van der Waals surface area contributed by atoms with Crippen LogP contribution in [0.5, 0.6) is 0 Å². The molecule has 0 aliphatic carbocycles. The summed E-state index contributed by atoms with van der Waals surface area (Å²) in [7, 11) is 0. The molecule has 1 amide bonds. The molecule has 5 rings (SSSR count). The number of carbonyl (C=O) groups excluding carboxylic acids is 1. The molecule has 0 aliphatic heterocycles. The second-order valence-electron chi connectivity index (χ2n) is 8.98. The van der Waals surface area contributed by atoms with Crippen LogP contribution >= 0.6 is 23.4 Å². The second kappa shape index (κ2) is 11.6. The van der Waals surface area contributed by atoms with E-state index >= 15 is 0 Å². The summed E-state index contributed by atoms with van der Waals surface area (Å²) in [5.74, 6) is 0.969. The third-order valence-corrected chi connectivity index (χ3v) is 7.59. The van der Waals surface area contributed by atoms with Gasteiger partial charge in [0.15, 0.2) is 5.16 Å². The molecule has 0 unspecified atom stereocenters. The van der Waals surface area contributed by atoms with E-state index in [0.717, 1.165) is 32.5 Å². The topological polar surface area (TPSA) is 59.8 Å². The van der Waals surface area contributed by atoms with Crippen LogP contribution in [0, 0.1) is 0 Å². The van der Waals surface area contributed by atoms with Crippen molar-refractivity contribution >= 4 is 40.3 Å². The SMILES string of the molecule is C[C@H](CNC(=O)c1ccc(Cn2c(SCc3ccc(Cl)cc3)nc3ccncc32)cc1)c1ccccc1. The highest BCUT2D eigenvalue weighted by atomic mass is 35.5. The molecule has 0 radical (unpaired) electrons. The summed E-state index contributed by atoms with van der Waals surface area (Å²) in [5.41, 5.74) is 6.03. The molecule has 37 heavy (non-hydrogen) atoms. The van der Waals surface area contributed by atoms with Crippen molar-refractivity contribution in [2.24, 2.45) is 0 Å². The number of fused-ring (bicyclic) bond motifs is 1. The Bertz CT molecular complexity index is 1480. The van der Waals surface area contributed by atoms with Crippen LogP contribution in [0.15, 0.2) is 102 Å². The first-order valence-corrected chi connectivity index (χ1v) is 13.5. The Morgan fingerprint density at radius 3 is 2.46 bits per heavy atom. The number of halogens is 1. The maximum atomic E-state index is 12.7. The van der Waals surface area contributed by atoms with E-state index in [-0.39, 0.29) is 11.8 Å². The van der Waals surface area contributed by atoms with E-state index in [1.165, 1.54) is 11.1 Å². The normalized spacial score (nSPS) is 11.9. The summed E-state index contributed by atoms with van der Waals surface area (Å²) in [6.07, 6.45) is 3.61. The molecule has 0 fully saturated rings. The van der Waals surface area contributed by atoms with Gasteiger partial charge >= 0.3 is 0 Å². The standard InChI is InChI=1S/C30H27ClN4OS/c1-21(24-5-3-2-4-6-24)17-33-29(36)25-11-7-22(8-12-25)19-35-28-18-32-16-15-27(28)34-30(35)37-20-23-9-13-26(31)14-10-23/h2-16,18,21H,17,19-20H2,1H3,(H,33,36)/t21-/m1/s1. The van der Waals surface area contributed by atoms with Gasteiger partial charge in [-0.3, -0.25) is 9.78 Å². The minimum Gasteiger partial charge on any atom is -0.351 e. The minimum absolute atomic E-state index is 0.0641. The lowest BCUT2D eigenvalue weighted by Gasteiger charge is -2.13. The molecule has 2 aromatic heterocycles. The predicted molar refractivity (Wildman–Crippen MR) is 151 cm³/mol. The Morgan fingerprint density at radius 1 is 0.973 bits per heavy atom. The number of amides is 1. The smallest absolute Gasteiger partial charge is 0.251 e. The van der Waals surface area contributed by atoms with Crippen molar-refractivity contribution in [1.82, 2.24) is 19.9 Å². The van der Waals surface area contributed by atoms with Crippen molar-refractivity contribution in [3.8, 4) is 0 Å². The zero-order chi connectivity index (χ0) is 25.6. The van der Waals surface area contributed by atoms with Gasteiger partial charge in [-0.25, -0.2) is 4.98 Å². The fourth-order valence-electron chi connectivity index (χ4n) is 4.13. The van der Waals surface area contributed by atoms with E-state index in [4.69, 9.17) is 16.6 Å². The fraction of sp³-hybridized carbons (Fsp3) is 0.167. The fourth-order valence-corrected chi connectivity index (χ4v) is 5.23. The molecule has 0 spiro atoms. The van der Waals surface area contributed by atoms with Gasteiger partial charge in [-0.15, -0.1) is 0 Å². The number of thioether (sulfide) groups is 1. The van der Waals surface area contributed by atoms with Gasteiger partial charge in [0.25, 0.3) is 5.91 Å². The number of nitrogens with one attached hydrogen (secondary N) is 1. The van der Waals surface area contributed by atoms with Crippen LogP contribution in [0.3, 0.4) is 0 Å². The highest BCUT2D eigenvalue weighted by molar-refractivity contribution is 7.98. The number of hydrogen-bond donors (Lipinski definition) is 1. The van der Waals surface area contributed by atoms with Crippen molar-refractivity contribution < 1.29 is 4.79 Å². The van der Waals surface area contributed by atoms with Gasteiger partial charge in [0.1, 0.15) is 0 Å². The number of hydrogen-bond acceptors (Lipinski definition) is 4. The number of imidazole rings is 1. The van der Waals surface area contributed by atoms with Crippen LogP contribution in [-0.2, 0) is 12.3 Å². The van der Waals surface area contributed by atoms with Crippen LogP contribution < -0.4 is 5.32 Å². The summed E-state index contributed by atoms with van der Waals surface area (Å²) >= 11 is 7.71. The van der Waals surface area contributed by atoms with E-state index in [2.05, 4.69) is 33.9 Å². The molecule has 0 bridgehead atoms. The van der Waals surface area contributed by atoms with E-state index < -0.39 is 0 Å². The monoisotopic (exact) mass is 526 g/mol. The van der Waals surface area contributed by atoms with Crippen LogP contribution in [0.1, 0.15) is 39.9 Å². The Morgan fingerprint density at radius 2 is 1.70 bits per heavy atom. The van der Waals surface area contributed by atoms with Crippen molar-refractivity contribution in [2.75, 3.05) is 6.54 Å². The Hall–Kier alpha value is -3.61. The molecule has 2 heterocycles. The molecule has 3 aromatic carbocycles. The van der Waals surface area contributed by atoms with E-state index in [1.807, 2.05) is 79.0 Å². The molecule has 1 N–H and O–H groups in total. The van der Waals surface area contributed by atoms with Gasteiger partial charge in [0.2, 0.25) is 0 Å². The van der Waals surface area contributed by atoms with Gasteiger partial charge in [0, 0.05) is 29.1 Å². The zero-order valence-corrected chi connectivity index (χ0v) is 22.0. The predicted octanol–water partition coefficient (Wildman–Crippen LogP) is 6.96. The third kappa shape index (κ3) is 6.21. The summed E-state index contributed by atoms with van der Waals surface area (Å²) in [6.45, 7) is 3.34. The first kappa shape index (κ1) is 25.1. The molecule has 0 saturated carbocycles. The molecule has 5 aromatic rings. The molecule has 1 atom stereocenters. The molecule has 5 nitrogen and oxygen atoms in total. The maximum Gasteiger partial charge on any atom is 0.251 e. The number of aromatic nitrogens is 3. The summed E-state index contributed by atoms with van der Waals surface area (Å²) in [6, 6.07) is 27.8. The summed E-state index contributed by atoms with van der Waals surface area (Å²) in [4.78, 5) is 21.9. The Labute approximate surface area is 225 Å². The van der Waals surface area contributed by atoms with Gasteiger partial charge in [0.05, 0.1) is 23.8 Å². The molecule has 7 heteroatoms. The first-order valence-electron chi connectivity index (χ1n) is 12.2. The number of rotatable bonds is 9. The van der Waals surface area contributed by atoms with Gasteiger partial charge in [-0.2, -0.15) is 0 Å². The Balaban J connectivity index is 1.27. The highest BCUT2D eigenvalue weighted by Gasteiger charge is 2.14. The summed E-state index contributed by atoms with van der Waals surface area (Å²) < 4.78 is 2.18. The molecule has 0 aliphatic rings. The van der Waals surface area contributed by atoms with Crippen molar-refractivity contribution in [3.63, 3.8) is 0 Å². The molecule has 0 saturated heterocycles. The first-order chi connectivity index (χ1) is 18.1. The van der Waals surface area contributed by atoms with Gasteiger partial charge in [-0.1, -0.05) is 84.9 Å². The zero-order valence-electron chi connectivity index (χ0n) is 20.5. The largest absolute Gasteiger partial charge is 0.351 e. The van der Waals surface area contributed by atoms with Crippen molar-refractivity contribution in [1.29, 1.82) is 0 Å². The number of nitrogens with zero attached hydrogens (tertiary/aromatic N) is 3. The van der Waals surface area contributed by atoms with Crippen molar-refractivity contribution in [3.05, 3.63) is 125 Å². The average Bonchev–Trinajstić information content (AvgIpc) is 3.29. The van der Waals surface area contributed by atoms with E-state index in [0.29, 0.717) is 18.7 Å². The number of carbonyl (C=O) groups is 1. The quantitative estimate of drug-likeness (QED) is 0.211. The van der Waals surface area contributed by atoms with Crippen LogP contribution in [0.25, 0.3) is 11.0 Å². The van der Waals surface area contributed by atoms with Crippen LogP contribution in [0.4, 0.5) is 0 Å². The third-order valence-electron chi connectivity index (χ3n) is 6.29.